The van der Waals surface area contributed by atoms with Crippen LogP contribution in [-0.2, 0) is 4.74 Å². The average Bonchev–Trinajstić information content (AvgIpc) is 2.54. The van der Waals surface area contributed by atoms with E-state index in [9.17, 15) is 9.18 Å². The zero-order valence-electron chi connectivity index (χ0n) is 12.3. The van der Waals surface area contributed by atoms with E-state index in [2.05, 4.69) is 5.32 Å². The van der Waals surface area contributed by atoms with Crippen LogP contribution in [0.3, 0.4) is 0 Å². The van der Waals surface area contributed by atoms with Crippen molar-refractivity contribution in [3.63, 3.8) is 0 Å². The van der Waals surface area contributed by atoms with Crippen molar-refractivity contribution in [1.82, 2.24) is 0 Å². The Labute approximate surface area is 128 Å². The van der Waals surface area contributed by atoms with Gasteiger partial charge in [-0.3, -0.25) is 4.79 Å². The van der Waals surface area contributed by atoms with Crippen molar-refractivity contribution < 1.29 is 18.7 Å². The number of halogens is 1. The van der Waals surface area contributed by atoms with Crippen molar-refractivity contribution in [2.24, 2.45) is 0 Å². The number of amides is 1. The molecule has 0 aliphatic heterocycles. The van der Waals surface area contributed by atoms with E-state index in [0.717, 1.165) is 0 Å². The molecule has 116 valence electrons. The fourth-order valence-corrected chi connectivity index (χ4v) is 1.80. The molecule has 2 aromatic carbocycles. The molecule has 0 aliphatic rings. The molecule has 0 spiro atoms. The van der Waals surface area contributed by atoms with Crippen LogP contribution in [0.5, 0.6) is 5.75 Å². The monoisotopic (exact) mass is 303 g/mol. The van der Waals surface area contributed by atoms with Gasteiger partial charge in [-0.15, -0.1) is 0 Å². The lowest BCUT2D eigenvalue weighted by atomic mass is 10.2. The van der Waals surface area contributed by atoms with Gasteiger partial charge >= 0.3 is 0 Å². The Hall–Kier alpha value is -2.40. The molecule has 4 nitrogen and oxygen atoms in total. The van der Waals surface area contributed by atoms with Crippen molar-refractivity contribution in [3.05, 3.63) is 59.9 Å². The minimum Gasteiger partial charge on any atom is -0.491 e. The fourth-order valence-electron chi connectivity index (χ4n) is 1.80. The van der Waals surface area contributed by atoms with Gasteiger partial charge in [-0.05, 0) is 55.5 Å². The molecule has 0 aromatic heterocycles. The summed E-state index contributed by atoms with van der Waals surface area (Å²) in [7, 11) is 0. The third kappa shape index (κ3) is 4.86. The van der Waals surface area contributed by atoms with Gasteiger partial charge in [-0.2, -0.15) is 0 Å². The molecule has 0 saturated carbocycles. The lowest BCUT2D eigenvalue weighted by molar-refractivity contribution is 0.102. The Kier molecular flexibility index (Phi) is 5.91. The zero-order valence-corrected chi connectivity index (χ0v) is 12.3. The van der Waals surface area contributed by atoms with Crippen LogP contribution in [0.15, 0.2) is 48.5 Å². The predicted octanol–water partition coefficient (Wildman–Crippen LogP) is 3.49. The Balaban J connectivity index is 1.88. The third-order valence-corrected chi connectivity index (χ3v) is 2.92. The molecule has 0 saturated heterocycles. The summed E-state index contributed by atoms with van der Waals surface area (Å²) in [6, 6.07) is 12.4. The van der Waals surface area contributed by atoms with Crippen molar-refractivity contribution in [2.75, 3.05) is 25.1 Å². The van der Waals surface area contributed by atoms with E-state index < -0.39 is 0 Å². The Morgan fingerprint density at radius 3 is 2.36 bits per heavy atom. The van der Waals surface area contributed by atoms with Crippen molar-refractivity contribution >= 4 is 11.6 Å². The summed E-state index contributed by atoms with van der Waals surface area (Å²) >= 11 is 0. The van der Waals surface area contributed by atoms with Crippen LogP contribution in [0, 0.1) is 5.82 Å². The number of rotatable bonds is 7. The highest BCUT2D eigenvalue weighted by atomic mass is 19.1. The van der Waals surface area contributed by atoms with Crippen LogP contribution >= 0.6 is 0 Å². The molecule has 0 atom stereocenters. The van der Waals surface area contributed by atoms with Gasteiger partial charge in [0, 0.05) is 17.9 Å². The third-order valence-electron chi connectivity index (χ3n) is 2.92. The summed E-state index contributed by atoms with van der Waals surface area (Å²) in [4.78, 5) is 12.0. The lowest BCUT2D eigenvalue weighted by Crippen LogP contribution is -2.11. The lowest BCUT2D eigenvalue weighted by Gasteiger charge is -2.08. The van der Waals surface area contributed by atoms with Crippen LogP contribution < -0.4 is 10.1 Å². The number of carbonyl (C=O) groups is 1. The molecule has 5 heteroatoms. The van der Waals surface area contributed by atoms with Gasteiger partial charge in [0.1, 0.15) is 18.2 Å². The Bertz CT molecular complexity index is 596. The van der Waals surface area contributed by atoms with Gasteiger partial charge < -0.3 is 14.8 Å². The highest BCUT2D eigenvalue weighted by Crippen LogP contribution is 2.16. The molecule has 0 fully saturated rings. The summed E-state index contributed by atoms with van der Waals surface area (Å²) < 4.78 is 23.5. The van der Waals surface area contributed by atoms with Crippen LogP contribution in [0.25, 0.3) is 0 Å². The highest BCUT2D eigenvalue weighted by Gasteiger charge is 2.06. The first kappa shape index (κ1) is 16.0. The summed E-state index contributed by atoms with van der Waals surface area (Å²) in [6.45, 7) is 3.62. The van der Waals surface area contributed by atoms with Crippen molar-refractivity contribution in [3.8, 4) is 5.75 Å². The fraction of sp³-hybridized carbons (Fsp3) is 0.235. The minimum absolute atomic E-state index is 0.287. The van der Waals surface area contributed by atoms with Crippen molar-refractivity contribution in [1.29, 1.82) is 0 Å². The number of benzene rings is 2. The molecule has 22 heavy (non-hydrogen) atoms. The van der Waals surface area contributed by atoms with Crippen LogP contribution in [0.2, 0.25) is 0 Å². The Morgan fingerprint density at radius 2 is 1.73 bits per heavy atom. The standard InChI is InChI=1S/C17H18FNO3/c1-2-21-11-12-22-16-9-7-15(8-10-16)19-17(20)13-3-5-14(18)6-4-13/h3-10H,2,11-12H2,1H3,(H,19,20). The predicted molar refractivity (Wildman–Crippen MR) is 82.8 cm³/mol. The number of hydrogen-bond acceptors (Lipinski definition) is 3. The summed E-state index contributed by atoms with van der Waals surface area (Å²) in [5, 5.41) is 2.74. The van der Waals surface area contributed by atoms with E-state index in [4.69, 9.17) is 9.47 Å². The number of hydrogen-bond donors (Lipinski definition) is 1. The maximum absolute atomic E-state index is 12.8. The van der Waals surface area contributed by atoms with Gasteiger partial charge in [-0.1, -0.05) is 0 Å². The quantitative estimate of drug-likeness (QED) is 0.796. The molecule has 0 radical (unpaired) electrons. The smallest absolute Gasteiger partial charge is 0.255 e. The second-order valence-electron chi connectivity index (χ2n) is 4.53. The number of nitrogens with one attached hydrogen (secondary N) is 1. The first-order valence-electron chi connectivity index (χ1n) is 7.06. The minimum atomic E-state index is -0.370. The number of carbonyl (C=O) groups excluding carboxylic acids is 1. The molecular formula is C17H18FNO3. The summed E-state index contributed by atoms with van der Waals surface area (Å²) in [5.41, 5.74) is 1.05. The molecule has 1 N–H and O–H groups in total. The van der Waals surface area contributed by atoms with Gasteiger partial charge in [0.2, 0.25) is 0 Å². The molecule has 2 aromatic rings. The molecule has 0 unspecified atom stereocenters. The van der Waals surface area contributed by atoms with Crippen LogP contribution in [0.1, 0.15) is 17.3 Å². The van der Waals surface area contributed by atoms with Crippen LogP contribution in [-0.4, -0.2) is 25.7 Å². The SMILES string of the molecule is CCOCCOc1ccc(NC(=O)c2ccc(F)cc2)cc1. The van der Waals surface area contributed by atoms with Gasteiger partial charge in [-0.25, -0.2) is 4.39 Å². The normalized spacial score (nSPS) is 10.3. The van der Waals surface area contributed by atoms with E-state index in [-0.39, 0.29) is 11.7 Å². The van der Waals surface area contributed by atoms with E-state index >= 15 is 0 Å². The van der Waals surface area contributed by atoms with Gasteiger partial charge in [0.05, 0.1) is 6.61 Å². The van der Waals surface area contributed by atoms with Gasteiger partial charge in [0.25, 0.3) is 5.91 Å². The second kappa shape index (κ2) is 8.14. The number of anilines is 1. The summed E-state index contributed by atoms with van der Waals surface area (Å²) in [6.07, 6.45) is 0. The number of ether oxygens (including phenoxy) is 2. The molecule has 0 heterocycles. The van der Waals surface area contributed by atoms with E-state index in [0.29, 0.717) is 36.8 Å². The zero-order chi connectivity index (χ0) is 15.8. The maximum atomic E-state index is 12.8. The molecule has 2 rings (SSSR count). The average molecular weight is 303 g/mol. The molecule has 1 amide bonds. The van der Waals surface area contributed by atoms with Crippen molar-refractivity contribution in [2.45, 2.75) is 6.92 Å². The molecule has 0 bridgehead atoms. The second-order valence-corrected chi connectivity index (χ2v) is 4.53. The van der Waals surface area contributed by atoms with Gasteiger partial charge in [0.15, 0.2) is 0 Å². The molecule has 0 aliphatic carbocycles. The molecular weight excluding hydrogens is 285 g/mol. The van der Waals surface area contributed by atoms with E-state index in [1.165, 1.54) is 24.3 Å². The first-order valence-corrected chi connectivity index (χ1v) is 7.06. The van der Waals surface area contributed by atoms with E-state index in [1.807, 2.05) is 6.92 Å². The van der Waals surface area contributed by atoms with E-state index in [1.54, 1.807) is 24.3 Å². The largest absolute Gasteiger partial charge is 0.491 e. The van der Waals surface area contributed by atoms with Crippen LogP contribution in [0.4, 0.5) is 10.1 Å². The Morgan fingerprint density at radius 1 is 1.05 bits per heavy atom. The highest BCUT2D eigenvalue weighted by molar-refractivity contribution is 6.04. The maximum Gasteiger partial charge on any atom is 0.255 e. The topological polar surface area (TPSA) is 47.6 Å². The first-order chi connectivity index (χ1) is 10.7. The summed E-state index contributed by atoms with van der Waals surface area (Å²) in [5.74, 6) is 0.0506.